The van der Waals surface area contributed by atoms with E-state index in [4.69, 9.17) is 23.2 Å². The molecular weight excluding hydrogens is 539 g/mol. The molecule has 3 heterocycles. The summed E-state index contributed by atoms with van der Waals surface area (Å²) in [6.45, 7) is 2.79. The van der Waals surface area contributed by atoms with Crippen LogP contribution in [-0.4, -0.2) is 72.0 Å². The van der Waals surface area contributed by atoms with Gasteiger partial charge in [0.15, 0.2) is 5.82 Å². The number of carbonyl (C=O) groups is 1. The van der Waals surface area contributed by atoms with E-state index in [1.54, 1.807) is 30.6 Å². The number of anilines is 2. The van der Waals surface area contributed by atoms with E-state index in [1.165, 1.54) is 12.2 Å². The van der Waals surface area contributed by atoms with E-state index in [2.05, 4.69) is 20.2 Å². The fourth-order valence-corrected chi connectivity index (χ4v) is 7.00. The van der Waals surface area contributed by atoms with Gasteiger partial charge in [-0.3, -0.25) is 13.7 Å². The van der Waals surface area contributed by atoms with Gasteiger partial charge in [0.25, 0.3) is 0 Å². The van der Waals surface area contributed by atoms with Crippen molar-refractivity contribution >= 4 is 61.6 Å². The summed E-state index contributed by atoms with van der Waals surface area (Å²) in [7, 11) is -4.14. The second-order valence-electron chi connectivity index (χ2n) is 8.73. The number of nitrogens with one attached hydrogen (secondary N) is 1. The molecule has 0 spiro atoms. The first-order valence-electron chi connectivity index (χ1n) is 11.6. The normalized spacial score (nSPS) is 18.4. The number of carboxylic acids is 1. The molecule has 0 saturated carbocycles. The quantitative estimate of drug-likeness (QED) is 0.450. The zero-order valence-corrected chi connectivity index (χ0v) is 21.9. The van der Waals surface area contributed by atoms with E-state index in [-0.39, 0.29) is 22.2 Å². The lowest BCUT2D eigenvalue weighted by molar-refractivity contribution is -0.135. The van der Waals surface area contributed by atoms with E-state index < -0.39 is 27.8 Å². The van der Waals surface area contributed by atoms with Gasteiger partial charge in [-0.05, 0) is 36.4 Å². The zero-order valence-electron chi connectivity index (χ0n) is 19.6. The van der Waals surface area contributed by atoms with Crippen LogP contribution < -0.4 is 14.5 Å². The lowest BCUT2D eigenvalue weighted by Gasteiger charge is -2.28. The highest BCUT2D eigenvalue weighted by Crippen LogP contribution is 2.32. The number of aromatic nitrogens is 3. The molecule has 2 aromatic heterocycles. The summed E-state index contributed by atoms with van der Waals surface area (Å²) in [5, 5.41) is 12.9. The summed E-state index contributed by atoms with van der Waals surface area (Å²) in [5.74, 6) is 0.138. The number of carboxylic acid groups (broad SMARTS) is 1. The van der Waals surface area contributed by atoms with E-state index in [9.17, 15) is 18.3 Å². The molecule has 10 nitrogen and oxygen atoms in total. The third kappa shape index (κ3) is 5.30. The van der Waals surface area contributed by atoms with Gasteiger partial charge >= 0.3 is 5.97 Å². The predicted octanol–water partition coefficient (Wildman–Crippen LogP) is 3.07. The fraction of sp³-hybridized carbons (Fsp3) is 0.292. The van der Waals surface area contributed by atoms with Gasteiger partial charge in [-0.25, -0.2) is 18.4 Å². The van der Waals surface area contributed by atoms with Crippen LogP contribution in [0.4, 0.5) is 11.5 Å². The number of hydrogen-bond acceptors (Lipinski definition) is 7. The number of allylic oxidation sites excluding steroid dienone is 3. The minimum Gasteiger partial charge on any atom is -0.480 e. The smallest absolute Gasteiger partial charge is 0.324 e. The van der Waals surface area contributed by atoms with Gasteiger partial charge in [0.1, 0.15) is 17.6 Å². The van der Waals surface area contributed by atoms with Crippen LogP contribution in [0.25, 0.3) is 16.7 Å². The average Bonchev–Trinajstić information content (AvgIpc) is 3.30. The molecule has 2 aliphatic rings. The van der Waals surface area contributed by atoms with Crippen LogP contribution in [0.5, 0.6) is 0 Å². The van der Waals surface area contributed by atoms with E-state index >= 15 is 0 Å². The summed E-state index contributed by atoms with van der Waals surface area (Å²) in [6.07, 6.45) is 8.11. The molecule has 3 aromatic rings. The molecule has 1 aliphatic heterocycles. The summed E-state index contributed by atoms with van der Waals surface area (Å²) in [6, 6.07) is 6.76. The molecule has 1 aromatic carbocycles. The number of fused-ring (bicyclic) bond motifs is 1. The van der Waals surface area contributed by atoms with Crippen molar-refractivity contribution in [2.75, 3.05) is 41.9 Å². The molecule has 1 fully saturated rings. The fourth-order valence-electron chi connectivity index (χ4n) is 4.47. The monoisotopic (exact) mass is 562 g/mol. The highest BCUT2D eigenvalue weighted by Gasteiger charge is 2.34. The maximum atomic E-state index is 13.5. The molecule has 37 heavy (non-hydrogen) atoms. The minimum atomic E-state index is -4.14. The SMILES string of the molecule is O=C(O)CN(c1ccc2c(ccn2-c2cnc(N3CCNCC3)cn2)c1)S(=O)(=O)C1C=C(Cl)C=C(Cl)C1. The standard InChI is InChI=1S/C24H24Cl2N6O4S/c25-17-10-18(26)12-20(11-17)37(35,36)32(15-24(33)34)19-1-2-21-16(9-19)3-6-31(21)23-14-28-22(13-29-23)30-7-4-27-5-8-30/h1-3,6,9-11,13-14,20,27H,4-5,7-8,12,15H2,(H,33,34). The van der Waals surface area contributed by atoms with Gasteiger partial charge in [-0.1, -0.05) is 23.2 Å². The molecule has 1 atom stereocenters. The van der Waals surface area contributed by atoms with Crippen molar-refractivity contribution in [2.24, 2.45) is 0 Å². The number of aliphatic carboxylic acids is 1. The lowest BCUT2D eigenvalue weighted by Crippen LogP contribution is -2.43. The summed E-state index contributed by atoms with van der Waals surface area (Å²) >= 11 is 12.1. The summed E-state index contributed by atoms with van der Waals surface area (Å²) < 4.78 is 29.7. The Morgan fingerprint density at radius 1 is 1.14 bits per heavy atom. The first-order valence-corrected chi connectivity index (χ1v) is 13.8. The highest BCUT2D eigenvalue weighted by atomic mass is 35.5. The van der Waals surface area contributed by atoms with E-state index in [0.717, 1.165) is 41.8 Å². The molecule has 1 unspecified atom stereocenters. The third-order valence-electron chi connectivity index (χ3n) is 6.28. The van der Waals surface area contributed by atoms with Crippen LogP contribution >= 0.6 is 23.2 Å². The Labute approximate surface area is 223 Å². The van der Waals surface area contributed by atoms with Crippen LogP contribution in [0.3, 0.4) is 0 Å². The second kappa shape index (κ2) is 10.3. The molecule has 2 N–H and O–H groups in total. The Bertz CT molecular complexity index is 1500. The number of nitrogens with zero attached hydrogens (tertiary/aromatic N) is 5. The number of sulfonamides is 1. The van der Waals surface area contributed by atoms with E-state index in [0.29, 0.717) is 11.2 Å². The maximum Gasteiger partial charge on any atom is 0.324 e. The van der Waals surface area contributed by atoms with Gasteiger partial charge in [-0.2, -0.15) is 0 Å². The molecule has 0 amide bonds. The van der Waals surface area contributed by atoms with Crippen molar-refractivity contribution in [1.29, 1.82) is 0 Å². The molecule has 0 radical (unpaired) electrons. The average molecular weight is 563 g/mol. The molecule has 0 bridgehead atoms. The largest absolute Gasteiger partial charge is 0.480 e. The molecule has 5 rings (SSSR count). The van der Waals surface area contributed by atoms with Crippen LogP contribution in [0.1, 0.15) is 6.42 Å². The van der Waals surface area contributed by atoms with Crippen LogP contribution in [0.15, 0.2) is 65.1 Å². The highest BCUT2D eigenvalue weighted by molar-refractivity contribution is 7.93. The number of benzene rings is 1. The number of piperazine rings is 1. The van der Waals surface area contributed by atoms with Crippen molar-refractivity contribution in [1.82, 2.24) is 19.9 Å². The zero-order chi connectivity index (χ0) is 26.2. The topological polar surface area (TPSA) is 121 Å². The molecule has 1 saturated heterocycles. The van der Waals surface area contributed by atoms with Crippen molar-refractivity contribution in [3.05, 3.63) is 65.1 Å². The van der Waals surface area contributed by atoms with Crippen LogP contribution in [-0.2, 0) is 14.8 Å². The first kappa shape index (κ1) is 25.5. The second-order valence-corrected chi connectivity index (χ2v) is 11.7. The number of halogens is 2. The first-order chi connectivity index (χ1) is 17.7. The van der Waals surface area contributed by atoms with Crippen molar-refractivity contribution in [2.45, 2.75) is 11.7 Å². The molecule has 13 heteroatoms. The van der Waals surface area contributed by atoms with Gasteiger partial charge in [0.05, 0.1) is 23.6 Å². The maximum absolute atomic E-state index is 13.5. The van der Waals surface area contributed by atoms with Gasteiger partial charge < -0.3 is 15.3 Å². The molecule has 194 valence electrons. The van der Waals surface area contributed by atoms with Crippen LogP contribution in [0.2, 0.25) is 0 Å². The Balaban J connectivity index is 1.46. The number of rotatable bonds is 7. The summed E-state index contributed by atoms with van der Waals surface area (Å²) in [5.41, 5.74) is 0.996. The predicted molar refractivity (Wildman–Crippen MR) is 144 cm³/mol. The Kier molecular flexibility index (Phi) is 7.13. The lowest BCUT2D eigenvalue weighted by atomic mass is 10.2. The van der Waals surface area contributed by atoms with E-state index in [1.807, 2.05) is 16.8 Å². The van der Waals surface area contributed by atoms with Crippen molar-refractivity contribution < 1.29 is 18.3 Å². The number of hydrogen-bond donors (Lipinski definition) is 2. The Morgan fingerprint density at radius 3 is 2.54 bits per heavy atom. The van der Waals surface area contributed by atoms with Crippen molar-refractivity contribution in [3.8, 4) is 5.82 Å². The third-order valence-corrected chi connectivity index (χ3v) is 8.80. The molecule has 1 aliphatic carbocycles. The van der Waals surface area contributed by atoms with Crippen LogP contribution in [0, 0.1) is 0 Å². The summed E-state index contributed by atoms with van der Waals surface area (Å²) in [4.78, 5) is 22.9. The van der Waals surface area contributed by atoms with Gasteiger partial charge in [-0.15, -0.1) is 0 Å². The minimum absolute atomic E-state index is 0.0114. The Morgan fingerprint density at radius 2 is 1.86 bits per heavy atom. The van der Waals surface area contributed by atoms with Gasteiger partial charge in [0, 0.05) is 54.2 Å². The van der Waals surface area contributed by atoms with Gasteiger partial charge in [0.2, 0.25) is 10.0 Å². The van der Waals surface area contributed by atoms with Crippen molar-refractivity contribution in [3.63, 3.8) is 0 Å². The molecular formula is C24H24Cl2N6O4S. The Hall–Kier alpha value is -3.12.